The molecule has 1 N–H and O–H groups in total. The van der Waals surface area contributed by atoms with Crippen LogP contribution in [-0.2, 0) is 26.2 Å². The van der Waals surface area contributed by atoms with E-state index in [0.717, 1.165) is 48.2 Å². The van der Waals surface area contributed by atoms with E-state index in [1.165, 1.54) is 4.90 Å². The molecule has 0 aliphatic heterocycles. The van der Waals surface area contributed by atoms with Gasteiger partial charge in [0.2, 0.25) is 21.8 Å². The van der Waals surface area contributed by atoms with Gasteiger partial charge in [0.1, 0.15) is 29.8 Å². The van der Waals surface area contributed by atoms with Crippen LogP contribution in [0.5, 0.6) is 17.2 Å². The first kappa shape index (κ1) is 30.9. The van der Waals surface area contributed by atoms with Crippen molar-refractivity contribution in [2.75, 3.05) is 24.2 Å². The smallest absolute Gasteiger partial charge is 0.244 e. The lowest BCUT2D eigenvalue weighted by molar-refractivity contribution is -0.139. The van der Waals surface area contributed by atoms with Crippen LogP contribution in [-0.4, -0.2) is 57.1 Å². The van der Waals surface area contributed by atoms with E-state index in [4.69, 9.17) is 9.47 Å². The Morgan fingerprint density at radius 1 is 0.881 bits per heavy atom. The third-order valence-electron chi connectivity index (χ3n) is 7.41. The molecule has 1 aliphatic carbocycles. The van der Waals surface area contributed by atoms with Crippen LogP contribution in [0.4, 0.5) is 5.69 Å². The highest BCUT2D eigenvalue weighted by Crippen LogP contribution is 2.26. The molecule has 1 saturated carbocycles. The molecule has 0 radical (unpaired) electrons. The molecule has 10 heteroatoms. The summed E-state index contributed by atoms with van der Waals surface area (Å²) in [6.45, 7) is 1.35. The predicted octanol–water partition coefficient (Wildman–Crippen LogP) is 5.12. The van der Waals surface area contributed by atoms with Gasteiger partial charge in [-0.2, -0.15) is 0 Å². The lowest BCUT2D eigenvalue weighted by Crippen LogP contribution is -2.52. The van der Waals surface area contributed by atoms with E-state index in [1.807, 2.05) is 42.5 Å². The number of hydrogen-bond acceptors (Lipinski definition) is 6. The van der Waals surface area contributed by atoms with Gasteiger partial charge in [-0.15, -0.1) is 0 Å². The second-order valence-electron chi connectivity index (χ2n) is 10.6. The number of hydrogen-bond donors (Lipinski definition) is 1. The Balaban J connectivity index is 1.55. The molecule has 4 rings (SSSR count). The third kappa shape index (κ3) is 8.48. The highest BCUT2D eigenvalue weighted by atomic mass is 32.2. The Morgan fingerprint density at radius 3 is 2.07 bits per heavy atom. The molecule has 0 heterocycles. The summed E-state index contributed by atoms with van der Waals surface area (Å²) in [5.74, 6) is 1.10. The highest BCUT2D eigenvalue weighted by Gasteiger charge is 2.31. The zero-order valence-corrected chi connectivity index (χ0v) is 25.2. The maximum Gasteiger partial charge on any atom is 0.244 e. The second-order valence-corrected chi connectivity index (χ2v) is 12.5. The fourth-order valence-electron chi connectivity index (χ4n) is 5.00. The quantitative estimate of drug-likeness (QED) is 0.313. The molecular weight excluding hydrogens is 554 g/mol. The van der Waals surface area contributed by atoms with Crippen molar-refractivity contribution >= 4 is 27.5 Å². The van der Waals surface area contributed by atoms with Crippen molar-refractivity contribution in [1.82, 2.24) is 10.2 Å². The summed E-state index contributed by atoms with van der Waals surface area (Å²) in [6.07, 6.45) is 6.17. The molecule has 1 aliphatic rings. The first-order chi connectivity index (χ1) is 20.1. The van der Waals surface area contributed by atoms with Crippen LogP contribution in [0.1, 0.15) is 44.6 Å². The molecular formula is C32H39N3O6S. The first-order valence-corrected chi connectivity index (χ1v) is 16.0. The van der Waals surface area contributed by atoms with Gasteiger partial charge in [0.05, 0.1) is 19.1 Å². The molecule has 0 saturated heterocycles. The summed E-state index contributed by atoms with van der Waals surface area (Å²) >= 11 is 0. The summed E-state index contributed by atoms with van der Waals surface area (Å²) in [6, 6.07) is 22.2. The van der Waals surface area contributed by atoms with Gasteiger partial charge in [-0.05, 0) is 73.9 Å². The molecule has 3 aromatic carbocycles. The Hall–Kier alpha value is -4.05. The number of ether oxygens (including phenoxy) is 2. The molecule has 224 valence electrons. The lowest BCUT2D eigenvalue weighted by Gasteiger charge is -2.33. The average Bonchev–Trinajstić information content (AvgIpc) is 2.99. The standard InChI is InChI=1S/C32H39N3O6S/c1-24(32(37)33-26-10-6-4-7-11-26)34(22-25-14-18-28(40-2)19-15-25)31(36)23-35(42(3,38)39)27-16-20-30(21-17-27)41-29-12-8-5-9-13-29/h5,8-9,12-21,24,26H,4,6-7,10-11,22-23H2,1-3H3,(H,33,37)/t24-/m1/s1. The van der Waals surface area contributed by atoms with Crippen LogP contribution >= 0.6 is 0 Å². The maximum absolute atomic E-state index is 13.8. The first-order valence-electron chi connectivity index (χ1n) is 14.2. The van der Waals surface area contributed by atoms with E-state index in [9.17, 15) is 18.0 Å². The Kier molecular flexibility index (Phi) is 10.5. The van der Waals surface area contributed by atoms with E-state index in [2.05, 4.69) is 5.32 Å². The molecule has 1 atom stereocenters. The molecule has 0 aromatic heterocycles. The van der Waals surface area contributed by atoms with E-state index < -0.39 is 28.5 Å². The number of nitrogens with one attached hydrogen (secondary N) is 1. The molecule has 2 amide bonds. The van der Waals surface area contributed by atoms with Crippen molar-refractivity contribution in [1.29, 1.82) is 0 Å². The minimum Gasteiger partial charge on any atom is -0.497 e. The summed E-state index contributed by atoms with van der Waals surface area (Å²) < 4.78 is 37.9. The van der Waals surface area contributed by atoms with Gasteiger partial charge >= 0.3 is 0 Å². The van der Waals surface area contributed by atoms with Crippen LogP contribution in [0.2, 0.25) is 0 Å². The molecule has 0 unspecified atom stereocenters. The summed E-state index contributed by atoms with van der Waals surface area (Å²) in [5.41, 5.74) is 1.10. The Bertz CT molecular complexity index is 1420. The predicted molar refractivity (Wildman–Crippen MR) is 163 cm³/mol. The molecule has 9 nitrogen and oxygen atoms in total. The van der Waals surface area contributed by atoms with Crippen LogP contribution in [0.3, 0.4) is 0 Å². The van der Waals surface area contributed by atoms with Gasteiger partial charge in [0, 0.05) is 12.6 Å². The SMILES string of the molecule is COc1ccc(CN(C(=O)CN(c2ccc(Oc3ccccc3)cc2)S(C)(=O)=O)[C@H](C)C(=O)NC2CCCCC2)cc1. The number of nitrogens with zero attached hydrogens (tertiary/aromatic N) is 2. The number of anilines is 1. The number of sulfonamides is 1. The zero-order chi connectivity index (χ0) is 30.1. The van der Waals surface area contributed by atoms with Gasteiger partial charge in [-0.1, -0.05) is 49.6 Å². The lowest BCUT2D eigenvalue weighted by atomic mass is 9.95. The van der Waals surface area contributed by atoms with Crippen LogP contribution in [0.15, 0.2) is 78.9 Å². The van der Waals surface area contributed by atoms with Crippen LogP contribution < -0.4 is 19.1 Å². The van der Waals surface area contributed by atoms with Gasteiger partial charge < -0.3 is 19.7 Å². The topological polar surface area (TPSA) is 105 Å². The monoisotopic (exact) mass is 593 g/mol. The number of para-hydroxylation sites is 1. The van der Waals surface area contributed by atoms with Crippen molar-refractivity contribution in [2.24, 2.45) is 0 Å². The third-order valence-corrected chi connectivity index (χ3v) is 8.55. The molecule has 0 bridgehead atoms. The van der Waals surface area contributed by atoms with Crippen molar-refractivity contribution in [3.63, 3.8) is 0 Å². The highest BCUT2D eigenvalue weighted by molar-refractivity contribution is 7.92. The normalized spacial score (nSPS) is 14.5. The van der Waals surface area contributed by atoms with Gasteiger partial charge in [-0.25, -0.2) is 8.42 Å². The zero-order valence-electron chi connectivity index (χ0n) is 24.4. The van der Waals surface area contributed by atoms with Crippen molar-refractivity contribution in [3.05, 3.63) is 84.4 Å². The molecule has 0 spiro atoms. The van der Waals surface area contributed by atoms with Gasteiger partial charge in [0.15, 0.2) is 0 Å². The number of rotatable bonds is 12. The maximum atomic E-state index is 13.8. The molecule has 3 aromatic rings. The summed E-state index contributed by atoms with van der Waals surface area (Å²) in [5, 5.41) is 3.10. The minimum absolute atomic E-state index is 0.0794. The largest absolute Gasteiger partial charge is 0.497 e. The van der Waals surface area contributed by atoms with Gasteiger partial charge in [0.25, 0.3) is 0 Å². The summed E-state index contributed by atoms with van der Waals surface area (Å²) in [7, 11) is -2.27. The van der Waals surface area contributed by atoms with E-state index in [0.29, 0.717) is 22.9 Å². The number of carbonyl (C=O) groups excluding carboxylic acids is 2. The number of methoxy groups -OCH3 is 1. The van der Waals surface area contributed by atoms with Crippen molar-refractivity contribution in [3.8, 4) is 17.2 Å². The fraction of sp³-hybridized carbons (Fsp3) is 0.375. The summed E-state index contributed by atoms with van der Waals surface area (Å²) in [4.78, 5) is 28.6. The van der Waals surface area contributed by atoms with E-state index in [-0.39, 0.29) is 18.5 Å². The average molecular weight is 594 g/mol. The van der Waals surface area contributed by atoms with E-state index >= 15 is 0 Å². The van der Waals surface area contributed by atoms with Crippen LogP contribution in [0, 0.1) is 0 Å². The minimum atomic E-state index is -3.84. The van der Waals surface area contributed by atoms with Crippen molar-refractivity contribution in [2.45, 2.75) is 57.7 Å². The molecule has 1 fully saturated rings. The Morgan fingerprint density at radius 2 is 1.48 bits per heavy atom. The number of amides is 2. The fourth-order valence-corrected chi connectivity index (χ4v) is 5.85. The number of benzene rings is 3. The van der Waals surface area contributed by atoms with E-state index in [1.54, 1.807) is 50.4 Å². The second kappa shape index (κ2) is 14.2. The van der Waals surface area contributed by atoms with Gasteiger partial charge in [-0.3, -0.25) is 13.9 Å². The molecule has 42 heavy (non-hydrogen) atoms. The Labute approximate surface area is 248 Å². The van der Waals surface area contributed by atoms with Crippen molar-refractivity contribution < 1.29 is 27.5 Å². The van der Waals surface area contributed by atoms with Crippen LogP contribution in [0.25, 0.3) is 0 Å². The number of carbonyl (C=O) groups is 2.